The molecule has 0 aromatic carbocycles. The van der Waals surface area contributed by atoms with Crippen LogP contribution in [0.15, 0.2) is 18.5 Å². The third-order valence-electron chi connectivity index (χ3n) is 3.93. The van der Waals surface area contributed by atoms with Gasteiger partial charge in [0.05, 0.1) is 12.5 Å². The Bertz CT molecular complexity index is 453. The number of nitrogens with zero attached hydrogens (tertiary/aromatic N) is 2. The smallest absolute Gasteiger partial charge is 0.314 e. The summed E-state index contributed by atoms with van der Waals surface area (Å²) < 4.78 is 1.76. The zero-order valence-corrected chi connectivity index (χ0v) is 12.0. The van der Waals surface area contributed by atoms with E-state index >= 15 is 0 Å². The summed E-state index contributed by atoms with van der Waals surface area (Å²) >= 11 is 0. The van der Waals surface area contributed by atoms with Gasteiger partial charge in [0, 0.05) is 25.5 Å². The summed E-state index contributed by atoms with van der Waals surface area (Å²) in [6.07, 6.45) is 6.70. The maximum atomic E-state index is 11.6. The molecular formula is C14H22N4O3. The molecule has 2 amide bonds. The lowest BCUT2D eigenvalue weighted by Gasteiger charge is -2.26. The molecule has 1 aliphatic carbocycles. The SMILES string of the molecule is O=C(NCCn1cccn1)NCC1CCC(C(=O)O)CC1. The van der Waals surface area contributed by atoms with Crippen molar-refractivity contribution in [3.63, 3.8) is 0 Å². The fourth-order valence-corrected chi connectivity index (χ4v) is 2.63. The highest BCUT2D eigenvalue weighted by Crippen LogP contribution is 2.28. The Morgan fingerprint density at radius 2 is 2.00 bits per heavy atom. The van der Waals surface area contributed by atoms with Crippen molar-refractivity contribution in [2.45, 2.75) is 32.2 Å². The van der Waals surface area contributed by atoms with Gasteiger partial charge in [0.1, 0.15) is 0 Å². The third-order valence-corrected chi connectivity index (χ3v) is 3.93. The quantitative estimate of drug-likeness (QED) is 0.731. The first-order valence-corrected chi connectivity index (χ1v) is 7.37. The van der Waals surface area contributed by atoms with Crippen molar-refractivity contribution in [3.05, 3.63) is 18.5 Å². The molecule has 3 N–H and O–H groups in total. The molecule has 0 aliphatic heterocycles. The van der Waals surface area contributed by atoms with Crippen LogP contribution in [0.2, 0.25) is 0 Å². The number of aliphatic carboxylic acids is 1. The Balaban J connectivity index is 1.56. The molecule has 116 valence electrons. The minimum atomic E-state index is -0.697. The molecule has 1 aromatic rings. The van der Waals surface area contributed by atoms with E-state index in [0.29, 0.717) is 38.4 Å². The van der Waals surface area contributed by atoms with Gasteiger partial charge in [-0.25, -0.2) is 4.79 Å². The van der Waals surface area contributed by atoms with Gasteiger partial charge in [0.15, 0.2) is 0 Å². The second kappa shape index (κ2) is 7.66. The summed E-state index contributed by atoms with van der Waals surface area (Å²) in [5.41, 5.74) is 0. The summed E-state index contributed by atoms with van der Waals surface area (Å²) in [6, 6.07) is 1.66. The van der Waals surface area contributed by atoms with Gasteiger partial charge >= 0.3 is 12.0 Å². The average Bonchev–Trinajstić information content (AvgIpc) is 2.99. The number of carboxylic acid groups (broad SMARTS) is 1. The first kappa shape index (κ1) is 15.3. The Morgan fingerprint density at radius 3 is 2.62 bits per heavy atom. The zero-order valence-electron chi connectivity index (χ0n) is 12.0. The fraction of sp³-hybridized carbons (Fsp3) is 0.643. The summed E-state index contributed by atoms with van der Waals surface area (Å²) in [5.74, 6) is -0.514. The number of urea groups is 1. The van der Waals surface area contributed by atoms with E-state index in [-0.39, 0.29) is 11.9 Å². The van der Waals surface area contributed by atoms with Crippen LogP contribution in [0.5, 0.6) is 0 Å². The monoisotopic (exact) mass is 294 g/mol. The minimum Gasteiger partial charge on any atom is -0.481 e. The van der Waals surface area contributed by atoms with Crippen LogP contribution in [0.1, 0.15) is 25.7 Å². The van der Waals surface area contributed by atoms with E-state index in [1.54, 1.807) is 10.9 Å². The molecule has 0 atom stereocenters. The molecule has 21 heavy (non-hydrogen) atoms. The van der Waals surface area contributed by atoms with Crippen LogP contribution >= 0.6 is 0 Å². The molecule has 0 unspecified atom stereocenters. The van der Waals surface area contributed by atoms with Gasteiger partial charge in [-0.05, 0) is 37.7 Å². The van der Waals surface area contributed by atoms with E-state index in [2.05, 4.69) is 15.7 Å². The summed E-state index contributed by atoms with van der Waals surface area (Å²) in [4.78, 5) is 22.5. The number of carboxylic acids is 1. The van der Waals surface area contributed by atoms with Crippen LogP contribution < -0.4 is 10.6 Å². The van der Waals surface area contributed by atoms with Gasteiger partial charge in [0.2, 0.25) is 0 Å². The number of aromatic nitrogens is 2. The summed E-state index contributed by atoms with van der Waals surface area (Å²) in [6.45, 7) is 1.78. The molecular weight excluding hydrogens is 272 g/mol. The normalized spacial score (nSPS) is 21.7. The van der Waals surface area contributed by atoms with Crippen molar-refractivity contribution >= 4 is 12.0 Å². The number of nitrogens with one attached hydrogen (secondary N) is 2. The molecule has 1 saturated carbocycles. The zero-order chi connectivity index (χ0) is 15.1. The van der Waals surface area contributed by atoms with E-state index in [9.17, 15) is 9.59 Å². The van der Waals surface area contributed by atoms with Crippen molar-refractivity contribution in [2.24, 2.45) is 11.8 Å². The molecule has 0 bridgehead atoms. The lowest BCUT2D eigenvalue weighted by atomic mass is 9.82. The Hall–Kier alpha value is -2.05. The second-order valence-corrected chi connectivity index (χ2v) is 5.46. The van der Waals surface area contributed by atoms with Gasteiger partial charge in [-0.3, -0.25) is 9.48 Å². The predicted molar refractivity (Wildman–Crippen MR) is 76.7 cm³/mol. The molecule has 1 aliphatic rings. The number of carbonyl (C=O) groups is 2. The number of rotatable bonds is 6. The standard InChI is InChI=1S/C14H22N4O3/c19-13(20)12-4-2-11(3-5-12)10-16-14(21)15-7-9-18-8-1-6-17-18/h1,6,8,11-12H,2-5,7,9-10H2,(H,19,20)(H2,15,16,21). The second-order valence-electron chi connectivity index (χ2n) is 5.46. The van der Waals surface area contributed by atoms with Gasteiger partial charge in [-0.1, -0.05) is 0 Å². The third kappa shape index (κ3) is 5.09. The minimum absolute atomic E-state index is 0.178. The van der Waals surface area contributed by atoms with E-state index in [0.717, 1.165) is 12.8 Å². The molecule has 7 nitrogen and oxygen atoms in total. The number of carbonyl (C=O) groups excluding carboxylic acids is 1. The highest BCUT2D eigenvalue weighted by molar-refractivity contribution is 5.73. The molecule has 1 heterocycles. The Morgan fingerprint density at radius 1 is 1.24 bits per heavy atom. The maximum absolute atomic E-state index is 11.6. The lowest BCUT2D eigenvalue weighted by molar-refractivity contribution is -0.143. The molecule has 0 saturated heterocycles. The van der Waals surface area contributed by atoms with Crippen molar-refractivity contribution in [2.75, 3.05) is 13.1 Å². The fourth-order valence-electron chi connectivity index (χ4n) is 2.63. The first-order chi connectivity index (χ1) is 10.1. The maximum Gasteiger partial charge on any atom is 0.314 e. The van der Waals surface area contributed by atoms with Crippen LogP contribution in [0, 0.1) is 11.8 Å². The topological polar surface area (TPSA) is 96.3 Å². The van der Waals surface area contributed by atoms with Crippen LogP contribution in [0.4, 0.5) is 4.79 Å². The molecule has 1 fully saturated rings. The van der Waals surface area contributed by atoms with Crippen LogP contribution in [-0.4, -0.2) is 40.0 Å². The van der Waals surface area contributed by atoms with E-state index < -0.39 is 5.97 Å². The van der Waals surface area contributed by atoms with Gasteiger partial charge in [-0.15, -0.1) is 0 Å². The predicted octanol–water partition coefficient (Wildman–Crippen LogP) is 1.07. The van der Waals surface area contributed by atoms with Crippen LogP contribution in [0.25, 0.3) is 0 Å². The highest BCUT2D eigenvalue weighted by Gasteiger charge is 2.25. The average molecular weight is 294 g/mol. The first-order valence-electron chi connectivity index (χ1n) is 7.37. The Labute approximate surface area is 123 Å². The van der Waals surface area contributed by atoms with E-state index in [4.69, 9.17) is 5.11 Å². The van der Waals surface area contributed by atoms with Gasteiger partial charge in [0.25, 0.3) is 0 Å². The van der Waals surface area contributed by atoms with Crippen molar-refractivity contribution in [1.29, 1.82) is 0 Å². The van der Waals surface area contributed by atoms with E-state index in [1.807, 2.05) is 12.3 Å². The Kier molecular flexibility index (Phi) is 5.59. The largest absolute Gasteiger partial charge is 0.481 e. The summed E-state index contributed by atoms with van der Waals surface area (Å²) in [5, 5.41) is 18.6. The summed E-state index contributed by atoms with van der Waals surface area (Å²) in [7, 11) is 0. The van der Waals surface area contributed by atoms with Crippen LogP contribution in [0.3, 0.4) is 0 Å². The molecule has 2 rings (SSSR count). The lowest BCUT2D eigenvalue weighted by Crippen LogP contribution is -2.40. The molecule has 0 radical (unpaired) electrons. The van der Waals surface area contributed by atoms with Crippen molar-refractivity contribution in [3.8, 4) is 0 Å². The number of hydrogen-bond donors (Lipinski definition) is 3. The van der Waals surface area contributed by atoms with Crippen molar-refractivity contribution < 1.29 is 14.7 Å². The van der Waals surface area contributed by atoms with Gasteiger partial charge < -0.3 is 15.7 Å². The molecule has 7 heteroatoms. The number of hydrogen-bond acceptors (Lipinski definition) is 3. The van der Waals surface area contributed by atoms with E-state index in [1.165, 1.54) is 0 Å². The highest BCUT2D eigenvalue weighted by atomic mass is 16.4. The molecule has 1 aromatic heterocycles. The van der Waals surface area contributed by atoms with Gasteiger partial charge in [-0.2, -0.15) is 5.10 Å². The number of amides is 2. The molecule has 0 spiro atoms. The van der Waals surface area contributed by atoms with Crippen molar-refractivity contribution in [1.82, 2.24) is 20.4 Å². The van der Waals surface area contributed by atoms with Crippen LogP contribution in [-0.2, 0) is 11.3 Å².